The summed E-state index contributed by atoms with van der Waals surface area (Å²) in [6, 6.07) is 3.50. The van der Waals surface area contributed by atoms with E-state index in [1.165, 1.54) is 6.33 Å². The molecule has 0 aliphatic heterocycles. The summed E-state index contributed by atoms with van der Waals surface area (Å²) in [6.07, 6.45) is 8.03. The summed E-state index contributed by atoms with van der Waals surface area (Å²) in [5.74, 6) is 0.951. The number of aromatic nitrogens is 5. The average molecular weight is 269 g/mol. The topological polar surface area (TPSA) is 86.0 Å². The molecule has 7 nitrogen and oxygen atoms in total. The van der Waals surface area contributed by atoms with E-state index in [2.05, 4.69) is 19.9 Å². The van der Waals surface area contributed by atoms with Crippen molar-refractivity contribution in [2.45, 2.75) is 6.92 Å². The van der Waals surface area contributed by atoms with Crippen LogP contribution in [-0.2, 0) is 0 Å². The van der Waals surface area contributed by atoms with Crippen LogP contribution in [0.25, 0.3) is 5.95 Å². The van der Waals surface area contributed by atoms with Crippen molar-refractivity contribution in [1.29, 1.82) is 0 Å². The maximum Gasteiger partial charge on any atom is 0.241 e. The molecule has 3 aromatic rings. The summed E-state index contributed by atoms with van der Waals surface area (Å²) in [7, 11) is 0. The number of hydrogen-bond acceptors (Lipinski definition) is 6. The first kappa shape index (κ1) is 12.1. The van der Waals surface area contributed by atoms with Gasteiger partial charge in [-0.05, 0) is 19.1 Å². The molecule has 0 radical (unpaired) electrons. The van der Waals surface area contributed by atoms with E-state index in [1.807, 2.05) is 0 Å². The summed E-state index contributed by atoms with van der Waals surface area (Å²) in [4.78, 5) is 16.1. The molecular weight excluding hydrogens is 258 g/mol. The highest BCUT2D eigenvalue weighted by Crippen LogP contribution is 2.27. The Labute approximate surface area is 114 Å². The largest absolute Gasteiger partial charge is 0.493 e. The van der Waals surface area contributed by atoms with Gasteiger partial charge in [0, 0.05) is 18.6 Å². The van der Waals surface area contributed by atoms with Gasteiger partial charge >= 0.3 is 0 Å². The number of imidazole rings is 1. The van der Waals surface area contributed by atoms with Gasteiger partial charge in [-0.15, -0.1) is 0 Å². The Morgan fingerprint density at radius 2 is 2.10 bits per heavy atom. The number of ether oxygens (including phenoxy) is 1. The predicted octanol–water partition coefficient (Wildman–Crippen LogP) is 1.86. The fourth-order valence-electron chi connectivity index (χ4n) is 1.59. The zero-order valence-corrected chi connectivity index (χ0v) is 10.6. The molecule has 100 valence electrons. The molecular formula is C13H11N5O2. The zero-order valence-electron chi connectivity index (χ0n) is 10.6. The lowest BCUT2D eigenvalue weighted by Crippen LogP contribution is -2.02. The predicted molar refractivity (Wildman–Crippen MR) is 69.9 cm³/mol. The maximum absolute atomic E-state index is 9.88. The van der Waals surface area contributed by atoms with E-state index < -0.39 is 0 Å². The molecule has 0 bridgehead atoms. The van der Waals surface area contributed by atoms with Crippen molar-refractivity contribution in [2.75, 3.05) is 0 Å². The van der Waals surface area contributed by atoms with Gasteiger partial charge in [0.2, 0.25) is 17.7 Å². The highest BCUT2D eigenvalue weighted by Gasteiger charge is 2.13. The van der Waals surface area contributed by atoms with Crippen molar-refractivity contribution in [3.05, 3.63) is 48.8 Å². The minimum absolute atomic E-state index is 0.136. The molecule has 0 unspecified atom stereocenters. The molecule has 0 aliphatic carbocycles. The van der Waals surface area contributed by atoms with E-state index in [1.54, 1.807) is 48.4 Å². The van der Waals surface area contributed by atoms with Crippen LogP contribution in [-0.4, -0.2) is 29.6 Å². The molecule has 0 aromatic carbocycles. The lowest BCUT2D eigenvalue weighted by molar-refractivity contribution is 0.417. The standard InChI is InChI=1S/C13H11N5O2/c1-9-11(19)16-13(18-6-5-15-8-18)17-12(9)20-10-3-2-4-14-7-10/h2-8H,1H3,(H,16,17,19). The van der Waals surface area contributed by atoms with Gasteiger partial charge in [-0.3, -0.25) is 9.55 Å². The first-order chi connectivity index (χ1) is 9.74. The van der Waals surface area contributed by atoms with E-state index in [4.69, 9.17) is 4.74 Å². The first-order valence-electron chi connectivity index (χ1n) is 5.88. The second-order valence-electron chi connectivity index (χ2n) is 4.04. The number of nitrogens with zero attached hydrogens (tertiary/aromatic N) is 5. The molecule has 3 heterocycles. The SMILES string of the molecule is Cc1c(O)nc(-n2ccnc2)nc1Oc1cccnc1. The first-order valence-corrected chi connectivity index (χ1v) is 5.88. The monoisotopic (exact) mass is 269 g/mol. The van der Waals surface area contributed by atoms with Gasteiger partial charge in [0.05, 0.1) is 11.8 Å². The third kappa shape index (κ3) is 2.28. The third-order valence-electron chi connectivity index (χ3n) is 2.65. The van der Waals surface area contributed by atoms with Gasteiger partial charge in [0.15, 0.2) is 0 Å². The minimum Gasteiger partial charge on any atom is -0.493 e. The summed E-state index contributed by atoms with van der Waals surface area (Å²) < 4.78 is 7.20. The molecule has 3 aromatic heterocycles. The Morgan fingerprint density at radius 3 is 2.80 bits per heavy atom. The molecule has 0 fully saturated rings. The van der Waals surface area contributed by atoms with E-state index >= 15 is 0 Å². The van der Waals surface area contributed by atoms with Gasteiger partial charge in [0.1, 0.15) is 12.1 Å². The second-order valence-corrected chi connectivity index (χ2v) is 4.04. The maximum atomic E-state index is 9.88. The van der Waals surface area contributed by atoms with Crippen LogP contribution >= 0.6 is 0 Å². The normalized spacial score (nSPS) is 10.4. The van der Waals surface area contributed by atoms with E-state index in [0.29, 0.717) is 11.3 Å². The zero-order chi connectivity index (χ0) is 13.9. The highest BCUT2D eigenvalue weighted by atomic mass is 16.5. The fourth-order valence-corrected chi connectivity index (χ4v) is 1.59. The van der Waals surface area contributed by atoms with Gasteiger partial charge < -0.3 is 9.84 Å². The summed E-state index contributed by atoms with van der Waals surface area (Å²) in [6.45, 7) is 1.68. The van der Waals surface area contributed by atoms with Crippen LogP contribution in [0.15, 0.2) is 43.2 Å². The Bertz CT molecular complexity index is 713. The molecule has 0 spiro atoms. The van der Waals surface area contributed by atoms with Crippen molar-refractivity contribution in [2.24, 2.45) is 0 Å². The van der Waals surface area contributed by atoms with Crippen LogP contribution in [0.1, 0.15) is 5.56 Å². The number of rotatable bonds is 3. The second kappa shape index (κ2) is 4.96. The van der Waals surface area contributed by atoms with Gasteiger partial charge in [-0.1, -0.05) is 0 Å². The quantitative estimate of drug-likeness (QED) is 0.781. The van der Waals surface area contributed by atoms with Gasteiger partial charge in [-0.25, -0.2) is 4.98 Å². The molecule has 0 saturated heterocycles. The molecule has 3 rings (SSSR count). The van der Waals surface area contributed by atoms with Crippen molar-refractivity contribution in [1.82, 2.24) is 24.5 Å². The molecule has 0 aliphatic rings. The highest BCUT2D eigenvalue weighted by molar-refractivity contribution is 5.38. The Kier molecular flexibility index (Phi) is 3.00. The Balaban J connectivity index is 2.02. The molecule has 7 heteroatoms. The van der Waals surface area contributed by atoms with Crippen LogP contribution in [0.3, 0.4) is 0 Å². The summed E-state index contributed by atoms with van der Waals surface area (Å²) in [5.41, 5.74) is 0.456. The molecule has 20 heavy (non-hydrogen) atoms. The lowest BCUT2D eigenvalue weighted by Gasteiger charge is -2.10. The fraction of sp³-hybridized carbons (Fsp3) is 0.0769. The molecule has 0 amide bonds. The molecule has 1 N–H and O–H groups in total. The summed E-state index contributed by atoms with van der Waals surface area (Å²) in [5, 5.41) is 9.88. The molecule has 0 atom stereocenters. The number of pyridine rings is 1. The van der Waals surface area contributed by atoms with E-state index in [-0.39, 0.29) is 17.7 Å². The van der Waals surface area contributed by atoms with Crippen molar-refractivity contribution in [3.8, 4) is 23.5 Å². The van der Waals surface area contributed by atoms with Crippen LogP contribution in [0.4, 0.5) is 0 Å². The number of hydrogen-bond donors (Lipinski definition) is 1. The Morgan fingerprint density at radius 1 is 1.20 bits per heavy atom. The van der Waals surface area contributed by atoms with Gasteiger partial charge in [-0.2, -0.15) is 9.97 Å². The Hall–Kier alpha value is -2.96. The van der Waals surface area contributed by atoms with Gasteiger partial charge in [0.25, 0.3) is 0 Å². The smallest absolute Gasteiger partial charge is 0.241 e. The number of aromatic hydroxyl groups is 1. The minimum atomic E-state index is -0.136. The van der Waals surface area contributed by atoms with Crippen LogP contribution in [0.2, 0.25) is 0 Å². The van der Waals surface area contributed by atoms with Crippen LogP contribution in [0, 0.1) is 6.92 Å². The van der Waals surface area contributed by atoms with Crippen molar-refractivity contribution in [3.63, 3.8) is 0 Å². The summed E-state index contributed by atoms with van der Waals surface area (Å²) >= 11 is 0. The lowest BCUT2D eigenvalue weighted by atomic mass is 10.3. The van der Waals surface area contributed by atoms with E-state index in [9.17, 15) is 5.11 Å². The van der Waals surface area contributed by atoms with Crippen molar-refractivity contribution >= 4 is 0 Å². The third-order valence-corrected chi connectivity index (χ3v) is 2.65. The van der Waals surface area contributed by atoms with Crippen LogP contribution in [0.5, 0.6) is 17.5 Å². The average Bonchev–Trinajstić information content (AvgIpc) is 2.99. The van der Waals surface area contributed by atoms with E-state index in [0.717, 1.165) is 0 Å². The van der Waals surface area contributed by atoms with Crippen molar-refractivity contribution < 1.29 is 9.84 Å². The van der Waals surface area contributed by atoms with Crippen LogP contribution < -0.4 is 4.74 Å². The molecule has 0 saturated carbocycles.